The van der Waals surface area contributed by atoms with Gasteiger partial charge in [0.15, 0.2) is 0 Å². The second-order valence-electron chi connectivity index (χ2n) is 5.15. The molecule has 0 aromatic heterocycles. The van der Waals surface area contributed by atoms with Crippen LogP contribution in [0.5, 0.6) is 0 Å². The molecule has 0 bridgehead atoms. The summed E-state index contributed by atoms with van der Waals surface area (Å²) in [6.07, 6.45) is 2.61. The summed E-state index contributed by atoms with van der Waals surface area (Å²) in [7, 11) is 0. The van der Waals surface area contributed by atoms with E-state index in [1.807, 2.05) is 0 Å². The first-order valence-corrected chi connectivity index (χ1v) is 6.62. The van der Waals surface area contributed by atoms with Crippen molar-refractivity contribution in [1.29, 1.82) is 0 Å². The molecule has 2 atom stereocenters. The summed E-state index contributed by atoms with van der Waals surface area (Å²) < 4.78 is 11.3. The Bertz CT molecular complexity index is 167. The minimum Gasteiger partial charge on any atom is -0.381 e. The van der Waals surface area contributed by atoms with Crippen LogP contribution in [0.15, 0.2) is 0 Å². The molecule has 1 heterocycles. The fourth-order valence-electron chi connectivity index (χ4n) is 1.84. The van der Waals surface area contributed by atoms with Gasteiger partial charge in [-0.1, -0.05) is 20.8 Å². The van der Waals surface area contributed by atoms with Gasteiger partial charge in [0, 0.05) is 19.1 Å². The summed E-state index contributed by atoms with van der Waals surface area (Å²) in [6, 6.07) is 0. The Morgan fingerprint density at radius 1 is 1.38 bits per heavy atom. The van der Waals surface area contributed by atoms with Gasteiger partial charge in [0.25, 0.3) is 0 Å². The van der Waals surface area contributed by atoms with Crippen LogP contribution in [0.3, 0.4) is 0 Å². The average Bonchev–Trinajstić information content (AvgIpc) is 2.75. The number of hydrogen-bond donors (Lipinski definition) is 1. The van der Waals surface area contributed by atoms with Crippen LogP contribution in [0, 0.1) is 11.8 Å². The van der Waals surface area contributed by atoms with Gasteiger partial charge in [0.1, 0.15) is 0 Å². The third-order valence-corrected chi connectivity index (χ3v) is 2.97. The van der Waals surface area contributed by atoms with Crippen molar-refractivity contribution in [2.75, 3.05) is 32.9 Å². The first-order valence-electron chi connectivity index (χ1n) is 6.62. The molecule has 1 aliphatic rings. The minimum absolute atomic E-state index is 0.361. The summed E-state index contributed by atoms with van der Waals surface area (Å²) in [5.74, 6) is 1.33. The fraction of sp³-hybridized carbons (Fsp3) is 1.00. The van der Waals surface area contributed by atoms with E-state index >= 15 is 0 Å². The molecule has 1 aliphatic heterocycles. The topological polar surface area (TPSA) is 30.5 Å². The minimum atomic E-state index is 0.361. The van der Waals surface area contributed by atoms with E-state index in [4.69, 9.17) is 9.47 Å². The summed E-state index contributed by atoms with van der Waals surface area (Å²) in [5, 5.41) is 3.45. The van der Waals surface area contributed by atoms with Crippen LogP contribution in [-0.2, 0) is 9.47 Å². The molecule has 16 heavy (non-hydrogen) atoms. The van der Waals surface area contributed by atoms with E-state index in [1.165, 1.54) is 0 Å². The standard InChI is InChI=1S/C13H27NO2/c1-4-13(8-14-7-11(2)3)16-10-12-5-6-15-9-12/h11-14H,4-10H2,1-3H3. The van der Waals surface area contributed by atoms with E-state index in [0.29, 0.717) is 17.9 Å². The molecule has 96 valence electrons. The van der Waals surface area contributed by atoms with Gasteiger partial charge in [-0.15, -0.1) is 0 Å². The molecule has 0 radical (unpaired) electrons. The lowest BCUT2D eigenvalue weighted by Crippen LogP contribution is -2.32. The normalized spacial score (nSPS) is 22.9. The van der Waals surface area contributed by atoms with Gasteiger partial charge < -0.3 is 14.8 Å². The average molecular weight is 229 g/mol. The molecule has 0 amide bonds. The predicted molar refractivity (Wildman–Crippen MR) is 66.7 cm³/mol. The molecular formula is C13H27NO2. The van der Waals surface area contributed by atoms with Crippen molar-refractivity contribution < 1.29 is 9.47 Å². The lowest BCUT2D eigenvalue weighted by Gasteiger charge is -2.19. The van der Waals surface area contributed by atoms with Gasteiger partial charge in [0.2, 0.25) is 0 Å². The summed E-state index contributed by atoms with van der Waals surface area (Å²) in [4.78, 5) is 0. The van der Waals surface area contributed by atoms with Gasteiger partial charge in [-0.2, -0.15) is 0 Å². The van der Waals surface area contributed by atoms with E-state index in [0.717, 1.165) is 45.8 Å². The molecule has 3 nitrogen and oxygen atoms in total. The maximum Gasteiger partial charge on any atom is 0.0697 e. The van der Waals surface area contributed by atoms with E-state index < -0.39 is 0 Å². The lowest BCUT2D eigenvalue weighted by molar-refractivity contribution is 0.0243. The molecule has 0 spiro atoms. The first-order chi connectivity index (χ1) is 7.72. The van der Waals surface area contributed by atoms with Crippen LogP contribution < -0.4 is 5.32 Å². The molecule has 1 rings (SSSR count). The Balaban J connectivity index is 2.05. The Morgan fingerprint density at radius 3 is 2.75 bits per heavy atom. The molecule has 2 unspecified atom stereocenters. The van der Waals surface area contributed by atoms with E-state index in [2.05, 4.69) is 26.1 Å². The van der Waals surface area contributed by atoms with Crippen molar-refractivity contribution in [1.82, 2.24) is 5.32 Å². The maximum absolute atomic E-state index is 5.91. The maximum atomic E-state index is 5.91. The van der Waals surface area contributed by atoms with Crippen molar-refractivity contribution in [2.45, 2.75) is 39.7 Å². The zero-order chi connectivity index (χ0) is 11.8. The van der Waals surface area contributed by atoms with Crippen molar-refractivity contribution in [3.63, 3.8) is 0 Å². The van der Waals surface area contributed by atoms with Gasteiger partial charge in [-0.05, 0) is 25.3 Å². The Labute approximate surface area is 99.9 Å². The highest BCUT2D eigenvalue weighted by atomic mass is 16.5. The zero-order valence-electron chi connectivity index (χ0n) is 11.0. The van der Waals surface area contributed by atoms with Gasteiger partial charge in [0.05, 0.1) is 19.3 Å². The third-order valence-electron chi connectivity index (χ3n) is 2.97. The SMILES string of the molecule is CCC(CNCC(C)C)OCC1CCOC1. The Morgan fingerprint density at radius 2 is 2.19 bits per heavy atom. The fourth-order valence-corrected chi connectivity index (χ4v) is 1.84. The third kappa shape index (κ3) is 5.83. The molecule has 0 aromatic carbocycles. The van der Waals surface area contributed by atoms with E-state index in [-0.39, 0.29) is 0 Å². The van der Waals surface area contributed by atoms with E-state index in [9.17, 15) is 0 Å². The quantitative estimate of drug-likeness (QED) is 0.691. The molecule has 1 fully saturated rings. The molecule has 0 saturated carbocycles. The smallest absolute Gasteiger partial charge is 0.0697 e. The van der Waals surface area contributed by atoms with Crippen molar-refractivity contribution in [2.24, 2.45) is 11.8 Å². The largest absolute Gasteiger partial charge is 0.381 e. The second kappa shape index (κ2) is 8.04. The molecule has 1 N–H and O–H groups in total. The van der Waals surface area contributed by atoms with Gasteiger partial charge >= 0.3 is 0 Å². The molecule has 0 aromatic rings. The van der Waals surface area contributed by atoms with Crippen LogP contribution in [0.1, 0.15) is 33.6 Å². The Kier molecular flexibility index (Phi) is 7.01. The van der Waals surface area contributed by atoms with Crippen molar-refractivity contribution >= 4 is 0 Å². The molecule has 3 heteroatoms. The zero-order valence-corrected chi connectivity index (χ0v) is 11.0. The highest BCUT2D eigenvalue weighted by molar-refractivity contribution is 4.66. The van der Waals surface area contributed by atoms with Crippen LogP contribution in [0.2, 0.25) is 0 Å². The van der Waals surface area contributed by atoms with Gasteiger partial charge in [-0.3, -0.25) is 0 Å². The number of hydrogen-bond acceptors (Lipinski definition) is 3. The number of ether oxygens (including phenoxy) is 2. The van der Waals surface area contributed by atoms with Gasteiger partial charge in [-0.25, -0.2) is 0 Å². The van der Waals surface area contributed by atoms with Crippen LogP contribution in [-0.4, -0.2) is 39.0 Å². The Hall–Kier alpha value is -0.120. The molecule has 0 aliphatic carbocycles. The first kappa shape index (κ1) is 13.9. The predicted octanol–water partition coefficient (Wildman–Crippen LogP) is 2.06. The summed E-state index contributed by atoms with van der Waals surface area (Å²) >= 11 is 0. The van der Waals surface area contributed by atoms with Crippen molar-refractivity contribution in [3.8, 4) is 0 Å². The second-order valence-corrected chi connectivity index (χ2v) is 5.15. The van der Waals surface area contributed by atoms with Crippen molar-refractivity contribution in [3.05, 3.63) is 0 Å². The number of nitrogens with one attached hydrogen (secondary N) is 1. The highest BCUT2D eigenvalue weighted by Gasteiger charge is 2.17. The lowest BCUT2D eigenvalue weighted by atomic mass is 10.1. The van der Waals surface area contributed by atoms with Crippen LogP contribution >= 0.6 is 0 Å². The van der Waals surface area contributed by atoms with E-state index in [1.54, 1.807) is 0 Å². The van der Waals surface area contributed by atoms with Crippen LogP contribution in [0.4, 0.5) is 0 Å². The highest BCUT2D eigenvalue weighted by Crippen LogP contribution is 2.13. The number of rotatable bonds is 8. The molecular weight excluding hydrogens is 202 g/mol. The molecule has 1 saturated heterocycles. The summed E-state index contributed by atoms with van der Waals surface area (Å²) in [5.41, 5.74) is 0. The monoisotopic (exact) mass is 229 g/mol. The van der Waals surface area contributed by atoms with Crippen LogP contribution in [0.25, 0.3) is 0 Å². The summed E-state index contributed by atoms with van der Waals surface area (Å²) in [6.45, 7) is 11.4.